The summed E-state index contributed by atoms with van der Waals surface area (Å²) in [6.07, 6.45) is 10.2. The van der Waals surface area contributed by atoms with E-state index in [9.17, 15) is 24.0 Å². The first kappa shape index (κ1) is 36.9. The summed E-state index contributed by atoms with van der Waals surface area (Å²) in [6, 6.07) is 17.9. The zero-order chi connectivity index (χ0) is 39.7. The number of hydrogen-bond acceptors (Lipinski definition) is 10. The van der Waals surface area contributed by atoms with Crippen LogP contribution >= 0.6 is 11.3 Å². The number of thiazole rings is 1. The Morgan fingerprint density at radius 2 is 1.72 bits per heavy atom. The average molecular weight is 799 g/mol. The van der Waals surface area contributed by atoms with Gasteiger partial charge in [-0.25, -0.2) is 4.98 Å². The first-order chi connectivity index (χ1) is 28.2. The van der Waals surface area contributed by atoms with Gasteiger partial charge in [-0.05, 0) is 104 Å². The van der Waals surface area contributed by atoms with Crippen LogP contribution in [0.2, 0.25) is 0 Å². The van der Waals surface area contributed by atoms with Crippen LogP contribution in [-0.4, -0.2) is 82.3 Å². The van der Waals surface area contributed by atoms with Gasteiger partial charge in [0.05, 0.1) is 39.1 Å². The van der Waals surface area contributed by atoms with Crippen LogP contribution in [0.5, 0.6) is 5.75 Å². The molecule has 3 aliphatic heterocycles. The van der Waals surface area contributed by atoms with Crippen molar-refractivity contribution in [2.45, 2.75) is 69.7 Å². The third kappa shape index (κ3) is 6.39. The fourth-order valence-corrected chi connectivity index (χ4v) is 11.7. The van der Waals surface area contributed by atoms with E-state index in [0.29, 0.717) is 57.7 Å². The van der Waals surface area contributed by atoms with Gasteiger partial charge >= 0.3 is 0 Å². The number of imide groups is 2. The molecule has 2 aliphatic carbocycles. The largest absolute Gasteiger partial charge is 0.494 e. The lowest BCUT2D eigenvalue weighted by molar-refractivity contribution is -0.136. The van der Waals surface area contributed by atoms with Crippen LogP contribution in [-0.2, 0) is 9.59 Å². The normalized spacial score (nSPS) is 23.3. The Balaban J connectivity index is 0.689. The number of pyridine rings is 1. The molecule has 2 saturated carbocycles. The standard InChI is InChI=1S/C45H46N6O6S/c1-57-36-19-33-37(20-35(36)50-18-16-28-5-2-3-6-30(28)42(50)54)58-41(47-33)29-11-9-26(10-12-29)23-49-24-45(25-49)21-27(22-45)15-17-46-32-8-4-7-31-39(32)44(56)51(43(31)55)34-13-14-38(52)48-40(34)53/h2-8,16,18-20,26-27,29,34,46H,9-15,17,21-25H2,1H3,(H,48,52,53). The lowest BCUT2D eigenvalue weighted by atomic mass is 9.57. The summed E-state index contributed by atoms with van der Waals surface area (Å²) in [6.45, 7) is 4.23. The number of carbonyl (C=O) groups excluding carboxylic acids is 4. The lowest BCUT2D eigenvalue weighted by Gasteiger charge is -2.60. The van der Waals surface area contributed by atoms with Gasteiger partial charge in [0, 0.05) is 61.9 Å². The molecular formula is C45H46N6O6S. The Morgan fingerprint density at radius 1 is 0.914 bits per heavy atom. The molecule has 0 bridgehead atoms. The highest BCUT2D eigenvalue weighted by Crippen LogP contribution is 2.53. The van der Waals surface area contributed by atoms with E-state index in [4.69, 9.17) is 9.72 Å². The molecule has 2 saturated heterocycles. The van der Waals surface area contributed by atoms with Crippen molar-refractivity contribution in [3.63, 3.8) is 0 Å². The van der Waals surface area contributed by atoms with Crippen molar-refractivity contribution in [1.82, 2.24) is 24.7 Å². The van der Waals surface area contributed by atoms with Crippen molar-refractivity contribution in [2.24, 2.45) is 17.3 Å². The second-order valence-corrected chi connectivity index (χ2v) is 18.2. The number of methoxy groups -OCH3 is 1. The zero-order valence-electron chi connectivity index (χ0n) is 32.5. The average Bonchev–Trinajstić information content (AvgIpc) is 3.73. The summed E-state index contributed by atoms with van der Waals surface area (Å²) in [5, 5.41) is 8.46. The van der Waals surface area contributed by atoms with E-state index < -0.39 is 23.8 Å². The smallest absolute Gasteiger partial charge is 0.264 e. The Hall–Kier alpha value is -5.40. The number of nitrogens with zero attached hydrogens (tertiary/aromatic N) is 4. The van der Waals surface area contributed by atoms with Crippen molar-refractivity contribution in [1.29, 1.82) is 0 Å². The minimum Gasteiger partial charge on any atom is -0.494 e. The number of anilines is 1. The fraction of sp³-hybridized carbons (Fsp3) is 0.422. The van der Waals surface area contributed by atoms with Gasteiger partial charge in [-0.3, -0.25) is 38.8 Å². The van der Waals surface area contributed by atoms with E-state index in [-0.39, 0.29) is 24.3 Å². The van der Waals surface area contributed by atoms with Crippen molar-refractivity contribution in [3.8, 4) is 11.4 Å². The molecule has 2 aromatic heterocycles. The number of likely N-dealkylation sites (tertiary alicyclic amines) is 1. The maximum atomic E-state index is 13.4. The first-order valence-corrected chi connectivity index (χ1v) is 21.4. The highest BCUT2D eigenvalue weighted by molar-refractivity contribution is 7.18. The summed E-state index contributed by atoms with van der Waals surface area (Å²) in [5.41, 5.74) is 3.28. The van der Waals surface area contributed by atoms with Gasteiger partial charge in [0.1, 0.15) is 11.8 Å². The van der Waals surface area contributed by atoms with Gasteiger partial charge in [0.15, 0.2) is 0 Å². The molecule has 1 spiro atoms. The van der Waals surface area contributed by atoms with E-state index in [1.165, 1.54) is 50.3 Å². The minimum absolute atomic E-state index is 0.0631. The Bertz CT molecular complexity index is 2560. The van der Waals surface area contributed by atoms with E-state index in [1.807, 2.05) is 48.7 Å². The number of nitrogens with one attached hydrogen (secondary N) is 2. The highest BCUT2D eigenvalue weighted by atomic mass is 32.1. The molecule has 298 valence electrons. The number of benzene rings is 3. The number of ether oxygens (including phenoxy) is 1. The van der Waals surface area contributed by atoms with Crippen molar-refractivity contribution < 1.29 is 23.9 Å². The molecule has 4 amide bonds. The number of fused-ring (bicyclic) bond motifs is 3. The third-order valence-electron chi connectivity index (χ3n) is 13.4. The predicted molar refractivity (Wildman–Crippen MR) is 222 cm³/mol. The molecule has 58 heavy (non-hydrogen) atoms. The molecule has 5 aliphatic rings. The molecule has 3 aromatic carbocycles. The summed E-state index contributed by atoms with van der Waals surface area (Å²) < 4.78 is 8.52. The Labute approximate surface area is 339 Å². The van der Waals surface area contributed by atoms with Gasteiger partial charge in [0.25, 0.3) is 17.4 Å². The molecule has 4 fully saturated rings. The van der Waals surface area contributed by atoms with Crippen LogP contribution in [0.4, 0.5) is 5.69 Å². The van der Waals surface area contributed by atoms with Crippen LogP contribution in [0.15, 0.2) is 71.7 Å². The molecule has 10 rings (SSSR count). The number of hydrogen-bond donors (Lipinski definition) is 2. The van der Waals surface area contributed by atoms with E-state index >= 15 is 0 Å². The zero-order valence-corrected chi connectivity index (χ0v) is 33.3. The number of rotatable bonds is 10. The highest BCUT2D eigenvalue weighted by Gasteiger charge is 2.52. The molecule has 2 N–H and O–H groups in total. The Kier molecular flexibility index (Phi) is 9.20. The molecule has 13 heteroatoms. The second-order valence-electron chi connectivity index (χ2n) is 17.2. The van der Waals surface area contributed by atoms with E-state index in [0.717, 1.165) is 45.5 Å². The third-order valence-corrected chi connectivity index (χ3v) is 14.6. The van der Waals surface area contributed by atoms with Crippen LogP contribution < -0.4 is 20.9 Å². The fourth-order valence-electron chi connectivity index (χ4n) is 10.6. The number of amides is 4. The molecule has 1 unspecified atom stereocenters. The number of carbonyl (C=O) groups is 4. The van der Waals surface area contributed by atoms with Crippen LogP contribution in [0.3, 0.4) is 0 Å². The Morgan fingerprint density at radius 3 is 2.52 bits per heavy atom. The summed E-state index contributed by atoms with van der Waals surface area (Å²) in [4.78, 5) is 72.9. The maximum absolute atomic E-state index is 13.4. The molecular weight excluding hydrogens is 753 g/mol. The monoisotopic (exact) mass is 798 g/mol. The van der Waals surface area contributed by atoms with Crippen LogP contribution in [0, 0.1) is 17.3 Å². The number of aromatic nitrogens is 2. The molecule has 5 heterocycles. The van der Waals surface area contributed by atoms with Gasteiger partial charge < -0.3 is 15.0 Å². The lowest BCUT2D eigenvalue weighted by Crippen LogP contribution is -2.63. The minimum atomic E-state index is -0.969. The van der Waals surface area contributed by atoms with Gasteiger partial charge in [-0.1, -0.05) is 24.3 Å². The number of piperidine rings is 1. The van der Waals surface area contributed by atoms with E-state index in [1.54, 1.807) is 35.1 Å². The predicted octanol–water partition coefficient (Wildman–Crippen LogP) is 6.50. The van der Waals surface area contributed by atoms with Gasteiger partial charge in [-0.2, -0.15) is 0 Å². The van der Waals surface area contributed by atoms with Crippen LogP contribution in [0.25, 0.3) is 26.7 Å². The van der Waals surface area contributed by atoms with Crippen molar-refractivity contribution in [3.05, 3.63) is 93.3 Å². The quantitative estimate of drug-likeness (QED) is 0.152. The van der Waals surface area contributed by atoms with E-state index in [2.05, 4.69) is 21.6 Å². The van der Waals surface area contributed by atoms with Crippen LogP contribution in [0.1, 0.15) is 89.4 Å². The summed E-state index contributed by atoms with van der Waals surface area (Å²) >= 11 is 1.75. The SMILES string of the molecule is COc1cc2nc(C3CCC(CN4CC5(CC(CCNc6cccc7c6C(=O)N(C6CCC(=O)NC6=O)C7=O)C5)C4)CC3)sc2cc1-n1ccc2ccccc2c1=O. The molecule has 0 radical (unpaired) electrons. The first-order valence-electron chi connectivity index (χ1n) is 20.6. The molecule has 1 atom stereocenters. The van der Waals surface area contributed by atoms with Gasteiger partial charge in [0.2, 0.25) is 11.8 Å². The summed E-state index contributed by atoms with van der Waals surface area (Å²) in [7, 11) is 1.64. The maximum Gasteiger partial charge on any atom is 0.264 e. The molecule has 12 nitrogen and oxygen atoms in total. The van der Waals surface area contributed by atoms with Crippen molar-refractivity contribution in [2.75, 3.05) is 38.6 Å². The van der Waals surface area contributed by atoms with Crippen molar-refractivity contribution >= 4 is 61.6 Å². The second kappa shape index (κ2) is 14.5. The molecule has 5 aromatic rings. The summed E-state index contributed by atoms with van der Waals surface area (Å²) in [5.74, 6) is 0.496. The van der Waals surface area contributed by atoms with Gasteiger partial charge in [-0.15, -0.1) is 11.3 Å². The topological polar surface area (TPSA) is 143 Å².